The van der Waals surface area contributed by atoms with E-state index in [1.54, 1.807) is 12.4 Å². The summed E-state index contributed by atoms with van der Waals surface area (Å²) in [7, 11) is 0. The smallest absolute Gasteiger partial charge is 0.183 e. The third-order valence-corrected chi connectivity index (χ3v) is 4.69. The average molecular weight is 412 g/mol. The molecular weight excluding hydrogens is 400 g/mol. The fourth-order valence-corrected chi connectivity index (χ4v) is 2.58. The van der Waals surface area contributed by atoms with Gasteiger partial charge in [0.15, 0.2) is 4.67 Å². The molecule has 5 nitrogen and oxygen atoms in total. The predicted molar refractivity (Wildman–Crippen MR) is 87.5 cm³/mol. The first-order chi connectivity index (χ1) is 10.1. The van der Waals surface area contributed by atoms with Gasteiger partial charge in [0.25, 0.3) is 0 Å². The van der Waals surface area contributed by atoms with E-state index >= 15 is 0 Å². The first-order valence-corrected chi connectivity index (χ1v) is 7.86. The topological polar surface area (TPSA) is 55.9 Å². The lowest BCUT2D eigenvalue weighted by molar-refractivity contribution is 0.494. The number of furan rings is 1. The van der Waals surface area contributed by atoms with Crippen molar-refractivity contribution in [2.75, 3.05) is 5.32 Å². The largest absolute Gasteiger partial charge is 0.451 e. The summed E-state index contributed by atoms with van der Waals surface area (Å²) in [5, 5.41) is 3.27. The molecule has 0 bridgehead atoms. The highest BCUT2D eigenvalue weighted by Crippen LogP contribution is 2.27. The summed E-state index contributed by atoms with van der Waals surface area (Å²) < 4.78 is 9.05. The molecule has 0 aliphatic heterocycles. The van der Waals surface area contributed by atoms with Crippen LogP contribution in [0.1, 0.15) is 11.6 Å². The Balaban J connectivity index is 1.69. The third kappa shape index (κ3) is 3.19. The molecule has 0 saturated heterocycles. The van der Waals surface area contributed by atoms with Crippen molar-refractivity contribution >= 4 is 37.5 Å². The van der Waals surface area contributed by atoms with E-state index in [0.717, 1.165) is 27.6 Å². The zero-order chi connectivity index (χ0) is 14.8. The number of halogens is 2. The highest BCUT2D eigenvalue weighted by molar-refractivity contribution is 9.13. The molecule has 0 radical (unpaired) electrons. The van der Waals surface area contributed by atoms with Crippen molar-refractivity contribution in [1.82, 2.24) is 14.5 Å². The number of anilines is 1. The summed E-state index contributed by atoms with van der Waals surface area (Å²) in [6.07, 6.45) is 5.44. The van der Waals surface area contributed by atoms with Gasteiger partial charge in [0.2, 0.25) is 0 Å². The molecule has 0 spiro atoms. The second-order valence-electron chi connectivity index (χ2n) is 4.44. The normalized spacial score (nSPS) is 10.8. The first-order valence-electron chi connectivity index (χ1n) is 6.27. The van der Waals surface area contributed by atoms with Crippen LogP contribution >= 0.6 is 31.9 Å². The Kier molecular flexibility index (Phi) is 4.12. The van der Waals surface area contributed by atoms with Gasteiger partial charge in [-0.25, -0.2) is 9.97 Å². The van der Waals surface area contributed by atoms with Crippen LogP contribution in [0.3, 0.4) is 0 Å². The van der Waals surface area contributed by atoms with Crippen LogP contribution in [-0.2, 0) is 6.54 Å². The van der Waals surface area contributed by atoms with Gasteiger partial charge in [-0.15, -0.1) is 0 Å². The number of imidazole rings is 1. The summed E-state index contributed by atoms with van der Waals surface area (Å²) in [6, 6.07) is 5.85. The number of aryl methyl sites for hydroxylation is 1. The standard InChI is InChI=1S/C14H12Br2N4O/c1-9-17-4-5-20(9)13-3-2-10(7-19-13)18-8-11-6-12(15)14(16)21-11/h2-7,18H,8H2,1H3. The van der Waals surface area contributed by atoms with Gasteiger partial charge in [0.05, 0.1) is 22.9 Å². The summed E-state index contributed by atoms with van der Waals surface area (Å²) in [5.74, 6) is 2.59. The van der Waals surface area contributed by atoms with Crippen LogP contribution in [0, 0.1) is 6.92 Å². The maximum absolute atomic E-state index is 5.51. The minimum Gasteiger partial charge on any atom is -0.451 e. The number of pyridine rings is 1. The van der Waals surface area contributed by atoms with E-state index in [-0.39, 0.29) is 0 Å². The molecule has 0 fully saturated rings. The Morgan fingerprint density at radius 1 is 1.29 bits per heavy atom. The quantitative estimate of drug-likeness (QED) is 0.695. The fourth-order valence-electron chi connectivity index (χ4n) is 1.92. The molecule has 108 valence electrons. The van der Waals surface area contributed by atoms with Crippen LogP contribution in [0.15, 0.2) is 50.3 Å². The number of nitrogens with one attached hydrogen (secondary N) is 1. The highest BCUT2D eigenvalue weighted by atomic mass is 79.9. The average Bonchev–Trinajstić information content (AvgIpc) is 3.04. The minimum absolute atomic E-state index is 0.593. The molecule has 3 aromatic rings. The Morgan fingerprint density at radius 2 is 2.14 bits per heavy atom. The molecular formula is C14H12Br2N4O. The number of hydrogen-bond acceptors (Lipinski definition) is 4. The van der Waals surface area contributed by atoms with Gasteiger partial charge in [-0.05, 0) is 57.0 Å². The van der Waals surface area contributed by atoms with Crippen molar-refractivity contribution in [2.24, 2.45) is 0 Å². The van der Waals surface area contributed by atoms with E-state index in [0.29, 0.717) is 11.2 Å². The Hall–Kier alpha value is -1.60. The van der Waals surface area contributed by atoms with Crippen LogP contribution in [0.25, 0.3) is 5.82 Å². The van der Waals surface area contributed by atoms with Gasteiger partial charge in [0, 0.05) is 12.4 Å². The molecule has 0 atom stereocenters. The number of rotatable bonds is 4. The predicted octanol–water partition coefficient (Wildman–Crippen LogP) is 4.31. The minimum atomic E-state index is 0.593. The van der Waals surface area contributed by atoms with Crippen LogP contribution < -0.4 is 5.32 Å². The molecule has 21 heavy (non-hydrogen) atoms. The maximum atomic E-state index is 5.51. The van der Waals surface area contributed by atoms with Crippen LogP contribution in [0.2, 0.25) is 0 Å². The van der Waals surface area contributed by atoms with Crippen molar-refractivity contribution in [1.29, 1.82) is 0 Å². The summed E-state index contributed by atoms with van der Waals surface area (Å²) in [4.78, 5) is 8.62. The van der Waals surface area contributed by atoms with Gasteiger partial charge >= 0.3 is 0 Å². The van der Waals surface area contributed by atoms with Crippen molar-refractivity contribution < 1.29 is 4.42 Å². The maximum Gasteiger partial charge on any atom is 0.183 e. The van der Waals surface area contributed by atoms with E-state index in [9.17, 15) is 0 Å². The lowest BCUT2D eigenvalue weighted by atomic mass is 10.3. The Morgan fingerprint density at radius 3 is 2.71 bits per heavy atom. The van der Waals surface area contributed by atoms with Crippen molar-refractivity contribution in [3.05, 3.63) is 57.5 Å². The van der Waals surface area contributed by atoms with Crippen molar-refractivity contribution in [3.63, 3.8) is 0 Å². The molecule has 1 N–H and O–H groups in total. The SMILES string of the molecule is Cc1nccn1-c1ccc(NCc2cc(Br)c(Br)o2)cn1. The van der Waals surface area contributed by atoms with E-state index in [1.165, 1.54) is 0 Å². The third-order valence-electron chi connectivity index (χ3n) is 2.98. The zero-order valence-electron chi connectivity index (χ0n) is 11.2. The van der Waals surface area contributed by atoms with E-state index in [4.69, 9.17) is 4.42 Å². The first kappa shape index (κ1) is 14.3. The molecule has 0 aromatic carbocycles. The molecule has 3 rings (SSSR count). The van der Waals surface area contributed by atoms with Crippen molar-refractivity contribution in [3.8, 4) is 5.82 Å². The summed E-state index contributed by atoms with van der Waals surface area (Å²) in [5.41, 5.74) is 0.931. The molecule has 0 saturated carbocycles. The molecule has 3 heterocycles. The van der Waals surface area contributed by atoms with Gasteiger partial charge in [0.1, 0.15) is 17.4 Å². The Labute approximate surface area is 138 Å². The zero-order valence-corrected chi connectivity index (χ0v) is 14.3. The molecule has 0 aliphatic rings. The molecule has 0 unspecified atom stereocenters. The van der Waals surface area contributed by atoms with Gasteiger partial charge in [-0.1, -0.05) is 0 Å². The van der Waals surface area contributed by atoms with Gasteiger partial charge in [-0.2, -0.15) is 0 Å². The van der Waals surface area contributed by atoms with Crippen molar-refractivity contribution in [2.45, 2.75) is 13.5 Å². The number of aromatic nitrogens is 3. The fraction of sp³-hybridized carbons (Fsp3) is 0.143. The van der Waals surface area contributed by atoms with E-state index in [2.05, 4.69) is 47.1 Å². The lowest BCUT2D eigenvalue weighted by Gasteiger charge is -2.07. The second-order valence-corrected chi connectivity index (χ2v) is 6.01. The van der Waals surface area contributed by atoms with Crippen LogP contribution in [-0.4, -0.2) is 14.5 Å². The Bertz CT molecular complexity index is 729. The molecule has 0 aliphatic carbocycles. The number of hydrogen-bond donors (Lipinski definition) is 1. The van der Waals surface area contributed by atoms with Crippen LogP contribution in [0.5, 0.6) is 0 Å². The molecule has 0 amide bonds. The van der Waals surface area contributed by atoms with E-state index < -0.39 is 0 Å². The highest BCUT2D eigenvalue weighted by Gasteiger charge is 2.06. The van der Waals surface area contributed by atoms with Gasteiger partial charge < -0.3 is 9.73 Å². The second kappa shape index (κ2) is 6.03. The van der Waals surface area contributed by atoms with Crippen LogP contribution in [0.4, 0.5) is 5.69 Å². The monoisotopic (exact) mass is 410 g/mol. The van der Waals surface area contributed by atoms with Gasteiger partial charge in [-0.3, -0.25) is 4.57 Å². The number of nitrogens with zero attached hydrogens (tertiary/aromatic N) is 3. The van der Waals surface area contributed by atoms with E-state index in [1.807, 2.05) is 35.9 Å². The molecule has 3 aromatic heterocycles. The summed E-state index contributed by atoms with van der Waals surface area (Å²) >= 11 is 6.71. The lowest BCUT2D eigenvalue weighted by Crippen LogP contribution is -2.01. The summed E-state index contributed by atoms with van der Waals surface area (Å²) in [6.45, 7) is 2.54. The molecule has 7 heteroatoms.